The number of carbonyl (C=O) groups is 2. The first-order valence-corrected chi connectivity index (χ1v) is 9.69. The molecule has 27 heavy (non-hydrogen) atoms. The number of thiazole rings is 1. The molecule has 0 amide bonds. The fraction of sp³-hybridized carbons (Fsp3) is 0.227. The van der Waals surface area contributed by atoms with Crippen molar-refractivity contribution >= 4 is 23.1 Å². The van der Waals surface area contributed by atoms with Crippen molar-refractivity contribution in [3.63, 3.8) is 0 Å². The highest BCUT2D eigenvalue weighted by molar-refractivity contribution is 7.13. The summed E-state index contributed by atoms with van der Waals surface area (Å²) < 4.78 is 0. The van der Waals surface area contributed by atoms with Gasteiger partial charge in [-0.2, -0.15) is 0 Å². The number of benzene rings is 2. The van der Waals surface area contributed by atoms with Crippen molar-refractivity contribution in [1.29, 1.82) is 0 Å². The van der Waals surface area contributed by atoms with Gasteiger partial charge in [-0.05, 0) is 18.9 Å². The Morgan fingerprint density at radius 1 is 1.07 bits per heavy atom. The quantitative estimate of drug-likeness (QED) is 0.623. The van der Waals surface area contributed by atoms with Crippen LogP contribution in [0.4, 0.5) is 0 Å². The molecular weight excluding hydrogens is 358 g/mol. The number of aromatic nitrogens is 1. The third kappa shape index (κ3) is 5.34. The van der Waals surface area contributed by atoms with Gasteiger partial charge in [0.15, 0.2) is 0 Å². The summed E-state index contributed by atoms with van der Waals surface area (Å²) in [6.07, 6.45) is 0.538. The summed E-state index contributed by atoms with van der Waals surface area (Å²) >= 11 is 1.50. The van der Waals surface area contributed by atoms with Crippen LogP contribution in [0.15, 0.2) is 60.0 Å². The molecule has 0 saturated carbocycles. The lowest BCUT2D eigenvalue weighted by atomic mass is 9.93. The first-order valence-electron chi connectivity index (χ1n) is 8.81. The van der Waals surface area contributed by atoms with Crippen molar-refractivity contribution in [1.82, 2.24) is 4.98 Å². The van der Waals surface area contributed by atoms with Gasteiger partial charge in [-0.25, -0.2) is 4.98 Å². The maximum Gasteiger partial charge on any atom is 0.307 e. The highest BCUT2D eigenvalue weighted by Gasteiger charge is 2.22. The molecule has 138 valence electrons. The molecule has 1 N–H and O–H groups in total. The van der Waals surface area contributed by atoms with E-state index in [4.69, 9.17) is 0 Å². The smallest absolute Gasteiger partial charge is 0.307 e. The molecule has 2 aromatic carbocycles. The molecule has 1 aromatic heterocycles. The molecule has 0 aliphatic rings. The van der Waals surface area contributed by atoms with Crippen molar-refractivity contribution < 1.29 is 14.7 Å². The Morgan fingerprint density at radius 3 is 2.44 bits per heavy atom. The zero-order chi connectivity index (χ0) is 19.2. The predicted molar refractivity (Wildman–Crippen MR) is 107 cm³/mol. The number of carbonyl (C=O) groups excluding carboxylic acids is 1. The number of nitrogens with zero attached hydrogens (tertiary/aromatic N) is 1. The fourth-order valence-electron chi connectivity index (χ4n) is 2.91. The van der Waals surface area contributed by atoms with Crippen molar-refractivity contribution in [3.05, 3.63) is 76.8 Å². The van der Waals surface area contributed by atoms with Crippen molar-refractivity contribution in [2.45, 2.75) is 26.2 Å². The molecule has 0 bridgehead atoms. The average molecular weight is 379 g/mol. The molecule has 1 heterocycles. The number of carboxylic acids is 1. The van der Waals surface area contributed by atoms with Crippen molar-refractivity contribution in [3.8, 4) is 10.6 Å². The van der Waals surface area contributed by atoms with E-state index in [9.17, 15) is 14.7 Å². The van der Waals surface area contributed by atoms with Crippen LogP contribution in [-0.2, 0) is 22.4 Å². The standard InChI is InChI=1S/C22H21NO3S/c1-15-7-9-17(10-8-15)21-23-19(14-27-21)13-20(24)12-18(22(25)26)11-16-5-3-2-4-6-16/h2-10,14,18H,11-13H2,1H3,(H,25,26)/t18-/m1/s1. The molecule has 0 spiro atoms. The number of rotatable bonds is 8. The molecule has 5 heteroatoms. The highest BCUT2D eigenvalue weighted by atomic mass is 32.1. The van der Waals surface area contributed by atoms with Crippen LogP contribution in [0.25, 0.3) is 10.6 Å². The maximum atomic E-state index is 12.4. The molecule has 1 atom stereocenters. The lowest BCUT2D eigenvalue weighted by molar-refractivity contribution is -0.143. The average Bonchev–Trinajstić information content (AvgIpc) is 3.11. The number of ketones is 1. The largest absolute Gasteiger partial charge is 0.481 e. The molecule has 0 aliphatic heterocycles. The normalized spacial score (nSPS) is 11.9. The SMILES string of the molecule is Cc1ccc(-c2nc(CC(=O)C[C@@H](Cc3ccccc3)C(=O)O)cs2)cc1. The van der Waals surface area contributed by atoms with Crippen LogP contribution in [0.1, 0.15) is 23.2 Å². The van der Waals surface area contributed by atoms with Crippen molar-refractivity contribution in [2.24, 2.45) is 5.92 Å². The van der Waals surface area contributed by atoms with E-state index in [0.717, 1.165) is 16.1 Å². The van der Waals surface area contributed by atoms with E-state index in [-0.39, 0.29) is 18.6 Å². The zero-order valence-corrected chi connectivity index (χ0v) is 15.9. The van der Waals surface area contributed by atoms with Crippen LogP contribution in [-0.4, -0.2) is 21.8 Å². The van der Waals surface area contributed by atoms with Crippen LogP contribution in [0.5, 0.6) is 0 Å². The second-order valence-corrected chi connectivity index (χ2v) is 7.51. The van der Waals surface area contributed by atoms with E-state index in [0.29, 0.717) is 12.1 Å². The van der Waals surface area contributed by atoms with E-state index < -0.39 is 11.9 Å². The van der Waals surface area contributed by atoms with Gasteiger partial charge < -0.3 is 5.11 Å². The molecule has 0 fully saturated rings. The van der Waals surface area contributed by atoms with Crippen LogP contribution in [0.2, 0.25) is 0 Å². The Balaban J connectivity index is 1.62. The zero-order valence-electron chi connectivity index (χ0n) is 15.1. The van der Waals surface area contributed by atoms with E-state index in [1.54, 1.807) is 0 Å². The monoisotopic (exact) mass is 379 g/mol. The van der Waals surface area contributed by atoms with Gasteiger partial charge in [-0.1, -0.05) is 60.2 Å². The summed E-state index contributed by atoms with van der Waals surface area (Å²) in [7, 11) is 0. The Kier molecular flexibility index (Phi) is 6.14. The Bertz CT molecular complexity index is 916. The third-order valence-electron chi connectivity index (χ3n) is 4.38. The first-order chi connectivity index (χ1) is 13.0. The number of aryl methyl sites for hydroxylation is 1. The summed E-state index contributed by atoms with van der Waals surface area (Å²) in [5, 5.41) is 12.2. The highest BCUT2D eigenvalue weighted by Crippen LogP contribution is 2.24. The van der Waals surface area contributed by atoms with Crippen LogP contribution < -0.4 is 0 Å². The van der Waals surface area contributed by atoms with Gasteiger partial charge in [0.1, 0.15) is 10.8 Å². The van der Waals surface area contributed by atoms with Gasteiger partial charge in [0.25, 0.3) is 0 Å². The van der Waals surface area contributed by atoms with E-state index in [1.165, 1.54) is 16.9 Å². The number of hydrogen-bond donors (Lipinski definition) is 1. The lowest BCUT2D eigenvalue weighted by Crippen LogP contribution is -2.21. The summed E-state index contributed by atoms with van der Waals surface area (Å²) in [4.78, 5) is 28.5. The number of Topliss-reactive ketones (excluding diaryl/α,β-unsaturated/α-hetero) is 1. The van der Waals surface area contributed by atoms with Gasteiger partial charge >= 0.3 is 5.97 Å². The van der Waals surface area contributed by atoms with Gasteiger partial charge in [-0.15, -0.1) is 11.3 Å². The molecule has 3 rings (SSSR count). The molecule has 0 unspecified atom stereocenters. The molecule has 0 radical (unpaired) electrons. The topological polar surface area (TPSA) is 67.3 Å². The fourth-order valence-corrected chi connectivity index (χ4v) is 3.74. The van der Waals surface area contributed by atoms with E-state index >= 15 is 0 Å². The summed E-state index contributed by atoms with van der Waals surface area (Å²) in [6.45, 7) is 2.03. The summed E-state index contributed by atoms with van der Waals surface area (Å²) in [6, 6.07) is 17.5. The van der Waals surface area contributed by atoms with Crippen LogP contribution in [0, 0.1) is 12.8 Å². The van der Waals surface area contributed by atoms with E-state index in [1.807, 2.05) is 66.9 Å². The Labute approximate surface area is 162 Å². The molecule has 4 nitrogen and oxygen atoms in total. The minimum atomic E-state index is -0.939. The third-order valence-corrected chi connectivity index (χ3v) is 5.32. The van der Waals surface area contributed by atoms with E-state index in [2.05, 4.69) is 4.98 Å². The molecular formula is C22H21NO3S. The van der Waals surface area contributed by atoms with Crippen molar-refractivity contribution in [2.75, 3.05) is 0 Å². The predicted octanol–water partition coefficient (Wildman–Crippen LogP) is 4.56. The Morgan fingerprint density at radius 2 is 1.78 bits per heavy atom. The number of hydrogen-bond acceptors (Lipinski definition) is 4. The summed E-state index contributed by atoms with van der Waals surface area (Å²) in [5.74, 6) is -1.75. The second-order valence-electron chi connectivity index (χ2n) is 6.65. The van der Waals surface area contributed by atoms with Gasteiger partial charge in [0, 0.05) is 23.8 Å². The molecule has 0 saturated heterocycles. The Hall–Kier alpha value is -2.79. The van der Waals surface area contributed by atoms with Gasteiger partial charge in [-0.3, -0.25) is 9.59 Å². The first kappa shape index (κ1) is 19.0. The second kappa shape index (κ2) is 8.73. The maximum absolute atomic E-state index is 12.4. The summed E-state index contributed by atoms with van der Waals surface area (Å²) in [5.41, 5.74) is 3.83. The molecule has 3 aromatic rings. The van der Waals surface area contributed by atoms with Crippen LogP contribution in [0.3, 0.4) is 0 Å². The minimum absolute atomic E-state index is 0.0155. The number of carboxylic acid groups (broad SMARTS) is 1. The van der Waals surface area contributed by atoms with Gasteiger partial charge in [0.2, 0.25) is 0 Å². The minimum Gasteiger partial charge on any atom is -0.481 e. The van der Waals surface area contributed by atoms with Gasteiger partial charge in [0.05, 0.1) is 11.6 Å². The lowest BCUT2D eigenvalue weighted by Gasteiger charge is -2.11. The van der Waals surface area contributed by atoms with Crippen LogP contribution >= 0.6 is 11.3 Å². The number of aliphatic carboxylic acids is 1. The molecule has 0 aliphatic carbocycles.